The average molecular weight is 268 g/mol. The lowest BCUT2D eigenvalue weighted by atomic mass is 10.4. The van der Waals surface area contributed by atoms with Crippen LogP contribution in [0.1, 0.15) is 6.42 Å². The van der Waals surface area contributed by atoms with Crippen LogP contribution in [0.15, 0.2) is 18.5 Å². The predicted octanol–water partition coefficient (Wildman–Crippen LogP) is -0.00200. The molecular formula is C9H10ClN7O. The molecule has 2 aromatic heterocycles. The van der Waals surface area contributed by atoms with Gasteiger partial charge in [0.15, 0.2) is 0 Å². The molecular weight excluding hydrogens is 258 g/mol. The topological polar surface area (TPSA) is 112 Å². The highest BCUT2D eigenvalue weighted by molar-refractivity contribution is 6.28. The minimum atomic E-state index is -0.407. The van der Waals surface area contributed by atoms with Gasteiger partial charge in [-0.2, -0.15) is 20.1 Å². The number of nitrogens with zero attached hydrogens (tertiary/aromatic N) is 5. The third-order valence-corrected chi connectivity index (χ3v) is 2.13. The van der Waals surface area contributed by atoms with E-state index in [-0.39, 0.29) is 17.7 Å². The van der Waals surface area contributed by atoms with E-state index in [4.69, 9.17) is 17.3 Å². The van der Waals surface area contributed by atoms with E-state index in [1.54, 1.807) is 18.5 Å². The number of anilines is 1. The van der Waals surface area contributed by atoms with Crippen molar-refractivity contribution in [3.63, 3.8) is 0 Å². The number of aromatic nitrogens is 5. The molecule has 0 atom stereocenters. The summed E-state index contributed by atoms with van der Waals surface area (Å²) < 4.78 is 1.45. The lowest BCUT2D eigenvalue weighted by Gasteiger charge is -2.05. The molecule has 9 heteroatoms. The van der Waals surface area contributed by atoms with Crippen LogP contribution < -0.4 is 11.1 Å². The molecule has 2 heterocycles. The van der Waals surface area contributed by atoms with Crippen LogP contribution in [0.4, 0.5) is 5.95 Å². The first-order valence-electron chi connectivity index (χ1n) is 5.09. The molecule has 0 aliphatic heterocycles. The van der Waals surface area contributed by atoms with Gasteiger partial charge in [0.25, 0.3) is 5.95 Å². The molecule has 0 aromatic carbocycles. The Balaban J connectivity index is 2.14. The highest BCUT2D eigenvalue weighted by Gasteiger charge is 2.06. The SMILES string of the molecule is NC(=O)CCNc1nc(Cl)nc(-n2cccn2)n1. The van der Waals surface area contributed by atoms with Crippen molar-refractivity contribution in [2.45, 2.75) is 6.42 Å². The van der Waals surface area contributed by atoms with Crippen LogP contribution >= 0.6 is 11.6 Å². The first kappa shape index (κ1) is 12.2. The number of nitrogens with two attached hydrogens (primary N) is 1. The number of nitrogens with one attached hydrogen (secondary N) is 1. The van der Waals surface area contributed by atoms with Crippen molar-refractivity contribution in [3.8, 4) is 5.95 Å². The van der Waals surface area contributed by atoms with Gasteiger partial charge in [-0.05, 0) is 17.7 Å². The first-order valence-corrected chi connectivity index (χ1v) is 5.47. The second-order valence-corrected chi connectivity index (χ2v) is 3.66. The normalized spacial score (nSPS) is 10.3. The van der Waals surface area contributed by atoms with Gasteiger partial charge in [-0.25, -0.2) is 4.68 Å². The lowest BCUT2D eigenvalue weighted by molar-refractivity contribution is -0.117. The second-order valence-electron chi connectivity index (χ2n) is 3.32. The summed E-state index contributed by atoms with van der Waals surface area (Å²) in [5.74, 6) is 0.151. The highest BCUT2D eigenvalue weighted by Crippen LogP contribution is 2.08. The van der Waals surface area contributed by atoms with E-state index in [1.165, 1.54) is 4.68 Å². The Labute approximate surface area is 107 Å². The summed E-state index contributed by atoms with van der Waals surface area (Å²) in [6.45, 7) is 0.328. The molecule has 2 aromatic rings. The van der Waals surface area contributed by atoms with Crippen molar-refractivity contribution >= 4 is 23.5 Å². The average Bonchev–Trinajstić information content (AvgIpc) is 2.81. The zero-order chi connectivity index (χ0) is 13.0. The van der Waals surface area contributed by atoms with E-state index >= 15 is 0 Å². The molecule has 0 saturated heterocycles. The molecule has 0 aliphatic rings. The molecule has 0 aliphatic carbocycles. The fourth-order valence-electron chi connectivity index (χ4n) is 1.21. The number of hydrogen-bond acceptors (Lipinski definition) is 6. The van der Waals surface area contributed by atoms with E-state index in [0.29, 0.717) is 12.5 Å². The molecule has 18 heavy (non-hydrogen) atoms. The molecule has 1 amide bonds. The molecule has 0 spiro atoms. The maximum atomic E-state index is 10.6. The van der Waals surface area contributed by atoms with Crippen LogP contribution in [0.25, 0.3) is 5.95 Å². The number of halogens is 1. The summed E-state index contributed by atoms with van der Waals surface area (Å²) >= 11 is 5.77. The molecule has 0 fully saturated rings. The fourth-order valence-corrected chi connectivity index (χ4v) is 1.36. The third-order valence-electron chi connectivity index (χ3n) is 1.96. The Hall–Kier alpha value is -2.22. The quantitative estimate of drug-likeness (QED) is 0.788. The number of carbonyl (C=O) groups is 1. The zero-order valence-electron chi connectivity index (χ0n) is 9.25. The van der Waals surface area contributed by atoms with Crippen molar-refractivity contribution < 1.29 is 4.79 Å². The fraction of sp³-hybridized carbons (Fsp3) is 0.222. The third kappa shape index (κ3) is 3.14. The van der Waals surface area contributed by atoms with Crippen molar-refractivity contribution in [2.24, 2.45) is 5.73 Å². The molecule has 94 valence electrons. The predicted molar refractivity (Wildman–Crippen MR) is 64.3 cm³/mol. The Morgan fingerprint density at radius 1 is 1.44 bits per heavy atom. The number of carbonyl (C=O) groups excluding carboxylic acids is 1. The lowest BCUT2D eigenvalue weighted by Crippen LogP contribution is -2.17. The van der Waals surface area contributed by atoms with E-state index < -0.39 is 5.91 Å². The molecule has 0 saturated carbocycles. The summed E-state index contributed by atoms with van der Waals surface area (Å²) in [5.41, 5.74) is 5.02. The van der Waals surface area contributed by atoms with Crippen molar-refractivity contribution in [1.29, 1.82) is 0 Å². The molecule has 0 radical (unpaired) electrons. The summed E-state index contributed by atoms with van der Waals surface area (Å²) in [4.78, 5) is 22.5. The van der Waals surface area contributed by atoms with Gasteiger partial charge in [0, 0.05) is 25.4 Å². The summed E-state index contributed by atoms with van der Waals surface area (Å²) in [6.07, 6.45) is 3.46. The Bertz CT molecular complexity index is 542. The van der Waals surface area contributed by atoms with Crippen molar-refractivity contribution in [1.82, 2.24) is 24.7 Å². The van der Waals surface area contributed by atoms with Crippen LogP contribution in [0.5, 0.6) is 0 Å². The zero-order valence-corrected chi connectivity index (χ0v) is 10.0. The minimum Gasteiger partial charge on any atom is -0.370 e. The monoisotopic (exact) mass is 267 g/mol. The molecule has 3 N–H and O–H groups in total. The van der Waals surface area contributed by atoms with E-state index in [1.807, 2.05) is 0 Å². The Morgan fingerprint density at radius 3 is 2.94 bits per heavy atom. The van der Waals surface area contributed by atoms with Crippen LogP contribution in [-0.2, 0) is 4.79 Å². The summed E-state index contributed by atoms with van der Waals surface area (Å²) in [7, 11) is 0. The standard InChI is InChI=1S/C9H10ClN7O/c10-7-14-8(12-4-2-6(11)18)16-9(15-7)17-5-1-3-13-17/h1,3,5H,2,4H2,(H2,11,18)(H,12,14,15,16). The maximum absolute atomic E-state index is 10.6. The number of rotatable bonds is 5. The van der Waals surface area contributed by atoms with Gasteiger partial charge in [-0.3, -0.25) is 4.79 Å². The van der Waals surface area contributed by atoms with E-state index in [0.717, 1.165) is 0 Å². The van der Waals surface area contributed by atoms with Gasteiger partial charge in [-0.15, -0.1) is 0 Å². The number of amides is 1. The van der Waals surface area contributed by atoms with Crippen LogP contribution in [0, 0.1) is 0 Å². The molecule has 8 nitrogen and oxygen atoms in total. The van der Waals surface area contributed by atoms with Crippen molar-refractivity contribution in [3.05, 3.63) is 23.7 Å². The highest BCUT2D eigenvalue weighted by atomic mass is 35.5. The Kier molecular flexibility index (Phi) is 3.68. The van der Waals surface area contributed by atoms with Gasteiger partial charge in [0.05, 0.1) is 0 Å². The molecule has 0 unspecified atom stereocenters. The Morgan fingerprint density at radius 2 is 2.28 bits per heavy atom. The van der Waals surface area contributed by atoms with E-state index in [2.05, 4.69) is 25.4 Å². The van der Waals surface area contributed by atoms with Gasteiger partial charge in [0.2, 0.25) is 17.1 Å². The maximum Gasteiger partial charge on any atom is 0.256 e. The second kappa shape index (κ2) is 5.41. The molecule has 0 bridgehead atoms. The smallest absolute Gasteiger partial charge is 0.256 e. The summed E-state index contributed by atoms with van der Waals surface area (Å²) in [6, 6.07) is 1.73. The number of primary amides is 1. The summed E-state index contributed by atoms with van der Waals surface area (Å²) in [5, 5.41) is 6.85. The van der Waals surface area contributed by atoms with Crippen LogP contribution in [0.3, 0.4) is 0 Å². The van der Waals surface area contributed by atoms with Gasteiger partial charge in [0.1, 0.15) is 0 Å². The van der Waals surface area contributed by atoms with Gasteiger partial charge < -0.3 is 11.1 Å². The van der Waals surface area contributed by atoms with Crippen LogP contribution in [-0.4, -0.2) is 37.2 Å². The van der Waals surface area contributed by atoms with Gasteiger partial charge in [-0.1, -0.05) is 0 Å². The molecule has 2 rings (SSSR count). The first-order chi connectivity index (χ1) is 8.65. The minimum absolute atomic E-state index is 0.0390. The largest absolute Gasteiger partial charge is 0.370 e. The van der Waals surface area contributed by atoms with Gasteiger partial charge >= 0.3 is 0 Å². The van der Waals surface area contributed by atoms with Crippen molar-refractivity contribution in [2.75, 3.05) is 11.9 Å². The van der Waals surface area contributed by atoms with Crippen LogP contribution in [0.2, 0.25) is 5.28 Å². The van der Waals surface area contributed by atoms with E-state index in [9.17, 15) is 4.79 Å². The number of hydrogen-bond donors (Lipinski definition) is 2.